The largest absolute Gasteiger partial charge is 0.472 e. The third kappa shape index (κ3) is 27.8. The van der Waals surface area contributed by atoms with Gasteiger partial charge in [0.1, 0.15) is 19.3 Å². The average molecular weight is 573 g/mol. The summed E-state index contributed by atoms with van der Waals surface area (Å²) in [5.74, 6) is -0.383. The summed E-state index contributed by atoms with van der Waals surface area (Å²) in [7, 11) is 1.63. The Kier molecular flexibility index (Phi) is 23.3. The number of phosphoric ester groups is 1. The third-order valence-corrected chi connectivity index (χ3v) is 6.36. The van der Waals surface area contributed by atoms with E-state index in [4.69, 9.17) is 18.5 Å². The van der Waals surface area contributed by atoms with Crippen LogP contribution in [0.4, 0.5) is 0 Å². The molecule has 0 aliphatic carbocycles. The molecule has 0 aromatic carbocycles. The second kappa shape index (κ2) is 24.3. The summed E-state index contributed by atoms with van der Waals surface area (Å²) in [6.07, 6.45) is 25.8. The monoisotopic (exact) mass is 572 g/mol. The SMILES string of the molecule is CC/C=C\C/C=C\C/C=C\C/C=C\CCCCCOCC(COP(=O)(O)OCC[N+](C)(C)C)OC(=O)CCC. The summed E-state index contributed by atoms with van der Waals surface area (Å²) < 4.78 is 33.9. The highest BCUT2D eigenvalue weighted by atomic mass is 31.2. The molecule has 0 bridgehead atoms. The first-order valence-corrected chi connectivity index (χ1v) is 15.9. The average Bonchev–Trinajstić information content (AvgIpc) is 2.85. The number of nitrogens with zero attached hydrogens (tertiary/aromatic N) is 1. The Morgan fingerprint density at radius 2 is 1.44 bits per heavy atom. The highest BCUT2D eigenvalue weighted by Gasteiger charge is 2.26. The van der Waals surface area contributed by atoms with Crippen LogP contribution in [0.1, 0.15) is 78.1 Å². The van der Waals surface area contributed by atoms with Crippen molar-refractivity contribution in [1.82, 2.24) is 0 Å². The van der Waals surface area contributed by atoms with Crippen LogP contribution < -0.4 is 0 Å². The molecule has 0 saturated carbocycles. The molecular weight excluding hydrogens is 517 g/mol. The van der Waals surface area contributed by atoms with Gasteiger partial charge in [0.25, 0.3) is 0 Å². The molecule has 0 amide bonds. The fourth-order valence-electron chi connectivity index (χ4n) is 3.17. The summed E-state index contributed by atoms with van der Waals surface area (Å²) >= 11 is 0. The maximum Gasteiger partial charge on any atom is 0.472 e. The van der Waals surface area contributed by atoms with Gasteiger partial charge in [0.15, 0.2) is 0 Å². The van der Waals surface area contributed by atoms with Crippen molar-refractivity contribution in [3.63, 3.8) is 0 Å². The topological polar surface area (TPSA) is 91.3 Å². The number of allylic oxidation sites excluding steroid dienone is 8. The summed E-state index contributed by atoms with van der Waals surface area (Å²) in [6, 6.07) is 0. The van der Waals surface area contributed by atoms with Gasteiger partial charge in [-0.15, -0.1) is 0 Å². The number of ether oxygens (including phenoxy) is 2. The zero-order valence-electron chi connectivity index (χ0n) is 25.1. The Morgan fingerprint density at radius 3 is 2.03 bits per heavy atom. The van der Waals surface area contributed by atoms with Gasteiger partial charge in [-0.2, -0.15) is 0 Å². The summed E-state index contributed by atoms with van der Waals surface area (Å²) in [4.78, 5) is 21.9. The van der Waals surface area contributed by atoms with Crippen LogP contribution in [0.15, 0.2) is 48.6 Å². The number of esters is 1. The van der Waals surface area contributed by atoms with Gasteiger partial charge < -0.3 is 18.9 Å². The summed E-state index contributed by atoms with van der Waals surface area (Å²) in [6.45, 7) is 5.01. The van der Waals surface area contributed by atoms with Crippen molar-refractivity contribution in [3.05, 3.63) is 48.6 Å². The van der Waals surface area contributed by atoms with Gasteiger partial charge in [0, 0.05) is 13.0 Å². The fourth-order valence-corrected chi connectivity index (χ4v) is 3.91. The van der Waals surface area contributed by atoms with Gasteiger partial charge in [0.05, 0.1) is 34.4 Å². The number of carbonyl (C=O) groups excluding carboxylic acids is 1. The quantitative estimate of drug-likeness (QED) is 0.0417. The van der Waals surface area contributed by atoms with Crippen LogP contribution in [-0.4, -0.2) is 75.6 Å². The molecule has 0 aliphatic heterocycles. The number of hydrogen-bond donors (Lipinski definition) is 1. The van der Waals surface area contributed by atoms with Crippen LogP contribution in [0.5, 0.6) is 0 Å². The van der Waals surface area contributed by atoms with Crippen molar-refractivity contribution in [3.8, 4) is 0 Å². The van der Waals surface area contributed by atoms with E-state index in [0.717, 1.165) is 51.4 Å². The fraction of sp³-hybridized carbons (Fsp3) is 0.700. The van der Waals surface area contributed by atoms with Crippen LogP contribution in [0.25, 0.3) is 0 Å². The minimum atomic E-state index is -4.24. The van der Waals surface area contributed by atoms with Gasteiger partial charge in [0.2, 0.25) is 0 Å². The molecule has 0 rings (SSSR count). The zero-order valence-corrected chi connectivity index (χ0v) is 26.0. The van der Waals surface area contributed by atoms with Crippen LogP contribution in [0.2, 0.25) is 0 Å². The standard InChI is InChI=1S/C30H54NO7P/c1-6-8-9-10-11-12-13-14-15-16-17-18-19-20-21-22-25-35-27-29(38-30(32)23-7-2)28-37-39(33,34)36-26-24-31(3,4)5/h8-9,11-12,14-15,17-18,29H,6-7,10,13,16,19-28H2,1-5H3/p+1/b9-8-,12-11-,15-14-,18-17-. The number of likely N-dealkylation sites (N-methyl/N-ethyl adjacent to an activating group) is 1. The molecule has 2 atom stereocenters. The first kappa shape index (κ1) is 37.5. The maximum absolute atomic E-state index is 12.2. The van der Waals surface area contributed by atoms with E-state index < -0.39 is 13.9 Å². The number of rotatable bonds is 25. The molecule has 0 saturated heterocycles. The number of unbranched alkanes of at least 4 members (excludes halogenated alkanes) is 3. The Bertz CT molecular complexity index is 772. The number of phosphoric acid groups is 1. The summed E-state index contributed by atoms with van der Waals surface area (Å²) in [5, 5.41) is 0. The molecular formula is C30H55NO7P+. The number of carbonyl (C=O) groups is 1. The molecule has 0 aromatic rings. The molecule has 39 heavy (non-hydrogen) atoms. The van der Waals surface area contributed by atoms with Gasteiger partial charge in [-0.3, -0.25) is 13.8 Å². The highest BCUT2D eigenvalue weighted by molar-refractivity contribution is 7.47. The Balaban J connectivity index is 4.11. The van der Waals surface area contributed by atoms with Gasteiger partial charge in [-0.25, -0.2) is 4.57 Å². The van der Waals surface area contributed by atoms with E-state index in [1.807, 2.05) is 28.1 Å². The molecule has 1 N–H and O–H groups in total. The van der Waals surface area contributed by atoms with E-state index in [-0.39, 0.29) is 32.2 Å². The van der Waals surface area contributed by atoms with Crippen molar-refractivity contribution in [1.29, 1.82) is 0 Å². The molecule has 0 aromatic heterocycles. The van der Waals surface area contributed by atoms with Gasteiger partial charge >= 0.3 is 13.8 Å². The number of hydrogen-bond acceptors (Lipinski definition) is 6. The van der Waals surface area contributed by atoms with Crippen molar-refractivity contribution in [2.24, 2.45) is 0 Å². The van der Waals surface area contributed by atoms with Crippen molar-refractivity contribution >= 4 is 13.8 Å². The van der Waals surface area contributed by atoms with Crippen LogP contribution in [0.3, 0.4) is 0 Å². The molecule has 0 fully saturated rings. The molecule has 9 heteroatoms. The maximum atomic E-state index is 12.2. The minimum Gasteiger partial charge on any atom is -0.457 e. The van der Waals surface area contributed by atoms with E-state index >= 15 is 0 Å². The van der Waals surface area contributed by atoms with Crippen LogP contribution >= 0.6 is 7.82 Å². The van der Waals surface area contributed by atoms with Crippen LogP contribution in [-0.2, 0) is 27.9 Å². The lowest BCUT2D eigenvalue weighted by atomic mass is 10.2. The Hall–Kier alpha value is -1.54. The van der Waals surface area contributed by atoms with Crippen LogP contribution in [0, 0.1) is 0 Å². The smallest absolute Gasteiger partial charge is 0.457 e. The second-order valence-corrected chi connectivity index (χ2v) is 11.9. The minimum absolute atomic E-state index is 0.0784. The van der Waals surface area contributed by atoms with Gasteiger partial charge in [-0.05, 0) is 51.4 Å². The van der Waals surface area contributed by atoms with Gasteiger partial charge in [-0.1, -0.05) is 68.9 Å². The first-order chi connectivity index (χ1) is 18.6. The van der Waals surface area contributed by atoms with E-state index in [2.05, 4.69) is 55.5 Å². The lowest BCUT2D eigenvalue weighted by Gasteiger charge is -2.24. The Labute approximate surface area is 237 Å². The first-order valence-electron chi connectivity index (χ1n) is 14.4. The molecule has 0 spiro atoms. The predicted molar refractivity (Wildman–Crippen MR) is 159 cm³/mol. The van der Waals surface area contributed by atoms with Crippen molar-refractivity contribution < 1.29 is 37.3 Å². The molecule has 2 unspecified atom stereocenters. The molecule has 0 radical (unpaired) electrons. The van der Waals surface area contributed by atoms with Crippen molar-refractivity contribution in [2.75, 3.05) is 54.1 Å². The van der Waals surface area contributed by atoms with E-state index in [9.17, 15) is 14.3 Å². The summed E-state index contributed by atoms with van der Waals surface area (Å²) in [5.41, 5.74) is 0. The van der Waals surface area contributed by atoms with E-state index in [0.29, 0.717) is 24.1 Å². The molecule has 8 nitrogen and oxygen atoms in total. The van der Waals surface area contributed by atoms with E-state index in [1.165, 1.54) is 0 Å². The van der Waals surface area contributed by atoms with E-state index in [1.54, 1.807) is 0 Å². The zero-order chi connectivity index (χ0) is 29.2. The molecule has 0 heterocycles. The Morgan fingerprint density at radius 1 is 0.821 bits per heavy atom. The lowest BCUT2D eigenvalue weighted by molar-refractivity contribution is -0.870. The highest BCUT2D eigenvalue weighted by Crippen LogP contribution is 2.43. The number of quaternary nitrogens is 1. The molecule has 0 aliphatic rings. The second-order valence-electron chi connectivity index (χ2n) is 10.4. The normalized spacial score (nSPS) is 15.1. The molecule has 226 valence electrons. The van der Waals surface area contributed by atoms with Crippen molar-refractivity contribution in [2.45, 2.75) is 84.2 Å². The lowest BCUT2D eigenvalue weighted by Crippen LogP contribution is -2.37. The predicted octanol–water partition coefficient (Wildman–Crippen LogP) is 6.92. The third-order valence-electron chi connectivity index (χ3n) is 5.37.